The molecule has 7 heteroatoms. The lowest BCUT2D eigenvalue weighted by molar-refractivity contribution is -0.138. The van der Waals surface area contributed by atoms with Gasteiger partial charge in [0.15, 0.2) is 0 Å². The standard InChI is InChI=1S/C16H14F3N3S/c17-16(18,19)14-4-2-1-3-12(14)13(9-20)15(22)23-11-7-5-10(21)6-8-11/h1-8,13,15H,21-22H2. The monoisotopic (exact) mass is 337 g/mol. The van der Waals surface area contributed by atoms with E-state index in [0.29, 0.717) is 5.69 Å². The van der Waals surface area contributed by atoms with Crippen molar-refractivity contribution >= 4 is 17.4 Å². The first-order valence-corrected chi connectivity index (χ1v) is 7.54. The number of alkyl halides is 3. The van der Waals surface area contributed by atoms with Gasteiger partial charge in [-0.15, -0.1) is 11.8 Å². The maximum absolute atomic E-state index is 13.1. The van der Waals surface area contributed by atoms with Gasteiger partial charge in [0.1, 0.15) is 0 Å². The zero-order valence-electron chi connectivity index (χ0n) is 11.9. The van der Waals surface area contributed by atoms with E-state index in [9.17, 15) is 18.4 Å². The van der Waals surface area contributed by atoms with Crippen LogP contribution in [0.2, 0.25) is 0 Å². The van der Waals surface area contributed by atoms with Crippen molar-refractivity contribution in [3.63, 3.8) is 0 Å². The molecule has 2 aromatic rings. The number of nitrogens with two attached hydrogens (primary N) is 2. The van der Waals surface area contributed by atoms with Crippen LogP contribution in [0.15, 0.2) is 53.4 Å². The van der Waals surface area contributed by atoms with Crippen molar-refractivity contribution in [1.29, 1.82) is 5.26 Å². The van der Waals surface area contributed by atoms with E-state index < -0.39 is 23.0 Å². The Hall–Kier alpha value is -2.17. The molecule has 2 atom stereocenters. The van der Waals surface area contributed by atoms with Gasteiger partial charge in [0.05, 0.1) is 22.9 Å². The molecule has 2 rings (SSSR count). The maximum Gasteiger partial charge on any atom is 0.416 e. The second-order valence-corrected chi connectivity index (χ2v) is 6.09. The molecule has 0 bridgehead atoms. The van der Waals surface area contributed by atoms with Crippen LogP contribution in [0.3, 0.4) is 0 Å². The summed E-state index contributed by atoms with van der Waals surface area (Å²) < 4.78 is 39.3. The van der Waals surface area contributed by atoms with Crippen LogP contribution in [-0.4, -0.2) is 5.37 Å². The zero-order chi connectivity index (χ0) is 17.0. The SMILES string of the molecule is N#CC(c1ccccc1C(F)(F)F)C(N)Sc1ccc(N)cc1. The first kappa shape index (κ1) is 17.2. The van der Waals surface area contributed by atoms with Crippen molar-refractivity contribution in [1.82, 2.24) is 0 Å². The van der Waals surface area contributed by atoms with Gasteiger partial charge in [-0.2, -0.15) is 18.4 Å². The first-order valence-electron chi connectivity index (χ1n) is 6.66. The van der Waals surface area contributed by atoms with Gasteiger partial charge in [0, 0.05) is 10.6 Å². The number of anilines is 1. The van der Waals surface area contributed by atoms with Gasteiger partial charge < -0.3 is 11.5 Å². The van der Waals surface area contributed by atoms with Crippen molar-refractivity contribution in [2.75, 3.05) is 5.73 Å². The third kappa shape index (κ3) is 4.18. The Bertz CT molecular complexity index is 708. The van der Waals surface area contributed by atoms with E-state index >= 15 is 0 Å². The van der Waals surface area contributed by atoms with Gasteiger partial charge in [-0.1, -0.05) is 18.2 Å². The van der Waals surface area contributed by atoms with Gasteiger partial charge in [-0.05, 0) is 35.9 Å². The Balaban J connectivity index is 2.30. The van der Waals surface area contributed by atoms with Gasteiger partial charge >= 0.3 is 6.18 Å². The molecule has 4 N–H and O–H groups in total. The van der Waals surface area contributed by atoms with Crippen LogP contribution in [0, 0.1) is 11.3 Å². The van der Waals surface area contributed by atoms with E-state index in [-0.39, 0.29) is 5.56 Å². The average molecular weight is 337 g/mol. The van der Waals surface area contributed by atoms with E-state index in [1.807, 2.05) is 6.07 Å². The summed E-state index contributed by atoms with van der Waals surface area (Å²) in [5.41, 5.74) is 11.2. The molecule has 0 aliphatic rings. The average Bonchev–Trinajstić information content (AvgIpc) is 2.50. The molecule has 23 heavy (non-hydrogen) atoms. The Morgan fingerprint density at radius 3 is 2.22 bits per heavy atom. The Morgan fingerprint density at radius 1 is 1.04 bits per heavy atom. The third-order valence-electron chi connectivity index (χ3n) is 3.22. The fourth-order valence-electron chi connectivity index (χ4n) is 2.12. The van der Waals surface area contributed by atoms with Crippen LogP contribution in [0.5, 0.6) is 0 Å². The van der Waals surface area contributed by atoms with E-state index in [0.717, 1.165) is 22.7 Å². The summed E-state index contributed by atoms with van der Waals surface area (Å²) in [6.07, 6.45) is -4.53. The van der Waals surface area contributed by atoms with Crippen LogP contribution < -0.4 is 11.5 Å². The van der Waals surface area contributed by atoms with Gasteiger partial charge in [-0.3, -0.25) is 0 Å². The number of benzene rings is 2. The number of nitrogens with zero attached hydrogens (tertiary/aromatic N) is 1. The smallest absolute Gasteiger partial charge is 0.399 e. The van der Waals surface area contributed by atoms with Crippen LogP contribution in [0.1, 0.15) is 17.0 Å². The molecule has 0 amide bonds. The summed E-state index contributed by atoms with van der Waals surface area (Å²) in [5, 5.41) is 8.49. The molecule has 2 aromatic carbocycles. The maximum atomic E-state index is 13.1. The molecule has 0 saturated heterocycles. The molecule has 0 aliphatic carbocycles. The highest BCUT2D eigenvalue weighted by Gasteiger charge is 2.36. The Labute approximate surface area is 136 Å². The molecule has 0 fully saturated rings. The van der Waals surface area contributed by atoms with E-state index in [1.165, 1.54) is 18.2 Å². The number of nitrogen functional groups attached to an aromatic ring is 1. The molecule has 3 nitrogen and oxygen atoms in total. The summed E-state index contributed by atoms with van der Waals surface area (Å²) in [6, 6.07) is 13.7. The van der Waals surface area contributed by atoms with Crippen LogP contribution in [-0.2, 0) is 6.18 Å². The Kier molecular flexibility index (Phi) is 5.19. The van der Waals surface area contributed by atoms with Crippen molar-refractivity contribution < 1.29 is 13.2 Å². The van der Waals surface area contributed by atoms with E-state index in [4.69, 9.17) is 11.5 Å². The molecule has 120 valence electrons. The second kappa shape index (κ2) is 6.94. The summed E-state index contributed by atoms with van der Waals surface area (Å²) >= 11 is 1.13. The lowest BCUT2D eigenvalue weighted by atomic mass is 9.95. The van der Waals surface area contributed by atoms with Crippen molar-refractivity contribution in [3.05, 3.63) is 59.7 Å². The molecule has 0 radical (unpaired) electrons. The normalized spacial score (nSPS) is 14.0. The molecular weight excluding hydrogens is 323 g/mol. The lowest BCUT2D eigenvalue weighted by Crippen LogP contribution is -2.26. The van der Waals surface area contributed by atoms with Crippen LogP contribution in [0.25, 0.3) is 0 Å². The second-order valence-electron chi connectivity index (χ2n) is 4.84. The largest absolute Gasteiger partial charge is 0.416 e. The van der Waals surface area contributed by atoms with Crippen molar-refractivity contribution in [2.45, 2.75) is 22.4 Å². The fourth-order valence-corrected chi connectivity index (χ4v) is 3.07. The molecule has 0 aliphatic heterocycles. The number of hydrogen-bond donors (Lipinski definition) is 2. The number of hydrogen-bond acceptors (Lipinski definition) is 4. The summed E-state index contributed by atoms with van der Waals surface area (Å²) in [7, 11) is 0. The number of halogens is 3. The summed E-state index contributed by atoms with van der Waals surface area (Å²) in [6.45, 7) is 0. The summed E-state index contributed by atoms with van der Waals surface area (Å²) in [5.74, 6) is -1.09. The van der Waals surface area contributed by atoms with E-state index in [1.54, 1.807) is 24.3 Å². The highest BCUT2D eigenvalue weighted by Crippen LogP contribution is 2.38. The van der Waals surface area contributed by atoms with Crippen LogP contribution in [0.4, 0.5) is 18.9 Å². The molecule has 2 unspecified atom stereocenters. The first-order chi connectivity index (χ1) is 10.8. The molecule has 0 heterocycles. The predicted molar refractivity (Wildman–Crippen MR) is 84.5 cm³/mol. The summed E-state index contributed by atoms with van der Waals surface area (Å²) in [4.78, 5) is 0.733. The number of rotatable bonds is 4. The van der Waals surface area contributed by atoms with Gasteiger partial charge in [0.2, 0.25) is 0 Å². The minimum absolute atomic E-state index is 0.113. The highest BCUT2D eigenvalue weighted by molar-refractivity contribution is 8.00. The topological polar surface area (TPSA) is 75.8 Å². The Morgan fingerprint density at radius 2 is 1.65 bits per heavy atom. The highest BCUT2D eigenvalue weighted by atomic mass is 32.2. The van der Waals surface area contributed by atoms with Gasteiger partial charge in [-0.25, -0.2) is 0 Å². The van der Waals surface area contributed by atoms with Crippen LogP contribution >= 0.6 is 11.8 Å². The molecule has 0 spiro atoms. The number of thioether (sulfide) groups is 1. The van der Waals surface area contributed by atoms with Crippen molar-refractivity contribution in [3.8, 4) is 6.07 Å². The molecule has 0 aromatic heterocycles. The minimum Gasteiger partial charge on any atom is -0.399 e. The quantitative estimate of drug-likeness (QED) is 0.503. The van der Waals surface area contributed by atoms with Crippen molar-refractivity contribution in [2.24, 2.45) is 5.73 Å². The predicted octanol–water partition coefficient (Wildman–Crippen LogP) is 3.97. The number of nitriles is 1. The minimum atomic E-state index is -4.53. The van der Waals surface area contributed by atoms with E-state index in [2.05, 4.69) is 0 Å². The lowest BCUT2D eigenvalue weighted by Gasteiger charge is -2.21. The zero-order valence-corrected chi connectivity index (χ0v) is 12.7. The molecule has 0 saturated carbocycles. The molecular formula is C16H14F3N3S. The third-order valence-corrected chi connectivity index (χ3v) is 4.31. The van der Waals surface area contributed by atoms with Gasteiger partial charge in [0.25, 0.3) is 0 Å². The fraction of sp³-hybridized carbons (Fsp3) is 0.188.